The van der Waals surface area contributed by atoms with Gasteiger partial charge in [-0.15, -0.1) is 0 Å². The molecule has 0 unspecified atom stereocenters. The van der Waals surface area contributed by atoms with Crippen molar-refractivity contribution in [3.8, 4) is 11.3 Å². The molecule has 4 heteroatoms. The van der Waals surface area contributed by atoms with Gasteiger partial charge in [-0.2, -0.15) is 0 Å². The van der Waals surface area contributed by atoms with E-state index in [0.717, 1.165) is 17.0 Å². The van der Waals surface area contributed by atoms with Crippen LogP contribution >= 0.6 is 0 Å². The van der Waals surface area contributed by atoms with Crippen molar-refractivity contribution in [3.63, 3.8) is 0 Å². The maximum absolute atomic E-state index is 11.3. The third kappa shape index (κ3) is 1.84. The van der Waals surface area contributed by atoms with E-state index < -0.39 is 11.4 Å². The normalized spacial score (nSPS) is 16.3. The van der Waals surface area contributed by atoms with Gasteiger partial charge in [0.05, 0.1) is 5.69 Å². The first kappa shape index (κ1) is 12.0. The predicted molar refractivity (Wildman–Crippen MR) is 72.0 cm³/mol. The Kier molecular flexibility index (Phi) is 2.49. The number of nitrogens with one attached hydrogen (secondary N) is 1. The lowest BCUT2D eigenvalue weighted by atomic mass is 10.1. The van der Waals surface area contributed by atoms with Crippen molar-refractivity contribution in [2.75, 3.05) is 0 Å². The molecule has 1 aliphatic carbocycles. The lowest BCUT2D eigenvalue weighted by Crippen LogP contribution is -2.21. The van der Waals surface area contributed by atoms with Gasteiger partial charge in [-0.05, 0) is 32.8 Å². The molecule has 4 nitrogen and oxygen atoms in total. The Morgan fingerprint density at radius 3 is 2.68 bits per heavy atom. The molecule has 0 saturated heterocycles. The van der Waals surface area contributed by atoms with E-state index in [2.05, 4.69) is 16.0 Å². The number of aromatic amines is 1. The number of H-pyrrole nitrogens is 1. The molecule has 1 saturated carbocycles. The third-order valence-electron chi connectivity index (χ3n) is 3.79. The molecule has 2 aromatic rings. The number of aliphatic carboxylic acids is 1. The summed E-state index contributed by atoms with van der Waals surface area (Å²) >= 11 is 0. The molecule has 1 aliphatic rings. The Morgan fingerprint density at radius 1 is 1.37 bits per heavy atom. The molecule has 3 rings (SSSR count). The number of hydrogen-bond donors (Lipinski definition) is 2. The molecule has 1 fully saturated rings. The fraction of sp³-hybridized carbons (Fsp3) is 0.333. The lowest BCUT2D eigenvalue weighted by molar-refractivity contribution is -0.140. The third-order valence-corrected chi connectivity index (χ3v) is 3.79. The first-order valence-corrected chi connectivity index (χ1v) is 6.40. The van der Waals surface area contributed by atoms with Crippen LogP contribution in [0.2, 0.25) is 0 Å². The highest BCUT2D eigenvalue weighted by Gasteiger charge is 2.54. The molecule has 98 valence electrons. The van der Waals surface area contributed by atoms with Crippen LogP contribution in [0.15, 0.2) is 24.3 Å². The minimum absolute atomic E-state index is 0.592. The summed E-state index contributed by atoms with van der Waals surface area (Å²) in [5.41, 5.74) is 3.20. The first-order valence-electron chi connectivity index (χ1n) is 6.40. The van der Waals surface area contributed by atoms with E-state index >= 15 is 0 Å². The summed E-state index contributed by atoms with van der Waals surface area (Å²) in [7, 11) is 0. The fourth-order valence-electron chi connectivity index (χ4n) is 2.44. The topological polar surface area (TPSA) is 66.0 Å². The van der Waals surface area contributed by atoms with Gasteiger partial charge in [0.1, 0.15) is 11.2 Å². The predicted octanol–water partition coefficient (Wildman–Crippen LogP) is 2.81. The number of aryl methyl sites for hydroxylation is 2. The van der Waals surface area contributed by atoms with Gasteiger partial charge >= 0.3 is 5.97 Å². The Hall–Kier alpha value is -2.10. The molecular formula is C15H16N2O2. The second-order valence-corrected chi connectivity index (χ2v) is 5.32. The summed E-state index contributed by atoms with van der Waals surface area (Å²) in [6.07, 6.45) is 1.34. The van der Waals surface area contributed by atoms with Crippen molar-refractivity contribution in [2.45, 2.75) is 32.1 Å². The van der Waals surface area contributed by atoms with Crippen molar-refractivity contribution < 1.29 is 9.90 Å². The molecule has 19 heavy (non-hydrogen) atoms. The zero-order valence-electron chi connectivity index (χ0n) is 11.0. The number of aromatic nitrogens is 2. The van der Waals surface area contributed by atoms with Gasteiger partial charge in [0.15, 0.2) is 0 Å². The van der Waals surface area contributed by atoms with Crippen molar-refractivity contribution in [1.29, 1.82) is 0 Å². The Morgan fingerprint density at radius 2 is 2.11 bits per heavy atom. The molecule has 2 N–H and O–H groups in total. The lowest BCUT2D eigenvalue weighted by Gasteiger charge is -2.04. The van der Waals surface area contributed by atoms with Gasteiger partial charge in [-0.1, -0.05) is 23.8 Å². The van der Waals surface area contributed by atoms with E-state index in [0.29, 0.717) is 18.7 Å². The molecular weight excluding hydrogens is 240 g/mol. The van der Waals surface area contributed by atoms with Crippen molar-refractivity contribution in [1.82, 2.24) is 9.97 Å². The highest BCUT2D eigenvalue weighted by atomic mass is 16.4. The van der Waals surface area contributed by atoms with Crippen molar-refractivity contribution >= 4 is 5.97 Å². The van der Waals surface area contributed by atoms with Crippen LogP contribution in [-0.4, -0.2) is 21.0 Å². The zero-order chi connectivity index (χ0) is 13.6. The number of carboxylic acids is 1. The molecule has 0 radical (unpaired) electrons. The number of imidazole rings is 1. The molecule has 1 heterocycles. The van der Waals surface area contributed by atoms with Crippen molar-refractivity contribution in [2.24, 2.45) is 0 Å². The van der Waals surface area contributed by atoms with E-state index in [4.69, 9.17) is 0 Å². The van der Waals surface area contributed by atoms with E-state index in [-0.39, 0.29) is 0 Å². The molecule has 0 amide bonds. The van der Waals surface area contributed by atoms with Gasteiger partial charge in [0, 0.05) is 11.3 Å². The SMILES string of the molecule is Cc1cccc(-c2nc(C3(C(=O)O)CC3)[nH]c2C)c1. The Labute approximate surface area is 111 Å². The second-order valence-electron chi connectivity index (χ2n) is 5.32. The minimum Gasteiger partial charge on any atom is -0.480 e. The summed E-state index contributed by atoms with van der Waals surface area (Å²) in [5.74, 6) is -0.189. The average Bonchev–Trinajstić information content (AvgIpc) is 3.08. The highest BCUT2D eigenvalue weighted by Crippen LogP contribution is 2.47. The Bertz CT molecular complexity index is 654. The zero-order valence-corrected chi connectivity index (χ0v) is 11.0. The van der Waals surface area contributed by atoms with E-state index in [1.54, 1.807) is 0 Å². The van der Waals surface area contributed by atoms with Crippen LogP contribution in [-0.2, 0) is 10.2 Å². The average molecular weight is 256 g/mol. The van der Waals surface area contributed by atoms with E-state index in [9.17, 15) is 9.90 Å². The second kappa shape index (κ2) is 3.95. The summed E-state index contributed by atoms with van der Waals surface area (Å²) in [6.45, 7) is 3.97. The quantitative estimate of drug-likeness (QED) is 0.887. The highest BCUT2D eigenvalue weighted by molar-refractivity contribution is 5.84. The number of nitrogens with zero attached hydrogens (tertiary/aromatic N) is 1. The number of benzene rings is 1. The van der Waals surface area contributed by atoms with Gasteiger partial charge in [0.25, 0.3) is 0 Å². The summed E-state index contributed by atoms with van der Waals surface area (Å²) in [6, 6.07) is 8.09. The van der Waals surface area contributed by atoms with Crippen LogP contribution in [0.3, 0.4) is 0 Å². The first-order chi connectivity index (χ1) is 9.03. The van der Waals surface area contributed by atoms with Gasteiger partial charge < -0.3 is 10.1 Å². The Balaban J connectivity index is 2.06. The monoisotopic (exact) mass is 256 g/mol. The largest absolute Gasteiger partial charge is 0.480 e. The van der Waals surface area contributed by atoms with Crippen LogP contribution in [0.5, 0.6) is 0 Å². The number of carbonyl (C=O) groups is 1. The number of rotatable bonds is 3. The fourth-order valence-corrected chi connectivity index (χ4v) is 2.44. The number of hydrogen-bond acceptors (Lipinski definition) is 2. The summed E-state index contributed by atoms with van der Waals surface area (Å²) in [4.78, 5) is 19.0. The van der Waals surface area contributed by atoms with Crippen LogP contribution in [0.1, 0.15) is 29.9 Å². The maximum Gasteiger partial charge on any atom is 0.317 e. The molecule has 0 bridgehead atoms. The van der Waals surface area contributed by atoms with Crippen LogP contribution in [0.25, 0.3) is 11.3 Å². The maximum atomic E-state index is 11.3. The van der Waals surface area contributed by atoms with E-state index in [1.807, 2.05) is 32.0 Å². The molecule has 1 aromatic heterocycles. The molecule has 0 atom stereocenters. The van der Waals surface area contributed by atoms with Crippen molar-refractivity contribution in [3.05, 3.63) is 41.3 Å². The van der Waals surface area contributed by atoms with Gasteiger partial charge in [-0.25, -0.2) is 4.98 Å². The van der Waals surface area contributed by atoms with Gasteiger partial charge in [-0.3, -0.25) is 4.79 Å². The summed E-state index contributed by atoms with van der Waals surface area (Å²) < 4.78 is 0. The van der Waals surface area contributed by atoms with Gasteiger partial charge in [0.2, 0.25) is 0 Å². The smallest absolute Gasteiger partial charge is 0.317 e. The standard InChI is InChI=1S/C15H16N2O2/c1-9-4-3-5-11(8-9)12-10(2)16-13(17-12)15(6-7-15)14(18)19/h3-5,8H,6-7H2,1-2H3,(H,16,17)(H,18,19). The minimum atomic E-state index is -0.781. The molecule has 0 spiro atoms. The van der Waals surface area contributed by atoms with Crippen LogP contribution < -0.4 is 0 Å². The summed E-state index contributed by atoms with van der Waals surface area (Å²) in [5, 5.41) is 9.31. The van der Waals surface area contributed by atoms with Crippen LogP contribution in [0.4, 0.5) is 0 Å². The van der Waals surface area contributed by atoms with E-state index in [1.165, 1.54) is 5.56 Å². The molecule has 1 aromatic carbocycles. The number of carboxylic acid groups (broad SMARTS) is 1. The molecule has 0 aliphatic heterocycles. The van der Waals surface area contributed by atoms with Crippen LogP contribution in [0, 0.1) is 13.8 Å².